The summed E-state index contributed by atoms with van der Waals surface area (Å²) in [4.78, 5) is 18.8. The highest BCUT2D eigenvalue weighted by atomic mass is 19.1. The van der Waals surface area contributed by atoms with E-state index in [4.69, 9.17) is 28.9 Å². The van der Waals surface area contributed by atoms with Crippen LogP contribution in [0.15, 0.2) is 30.3 Å². The highest BCUT2D eigenvalue weighted by molar-refractivity contribution is 6.02. The second-order valence-corrected chi connectivity index (χ2v) is 16.3. The third-order valence-electron chi connectivity index (χ3n) is 13.1. The molecule has 0 radical (unpaired) electrons. The Morgan fingerprint density at radius 1 is 0.944 bits per heavy atom. The van der Waals surface area contributed by atoms with Crippen LogP contribution in [0.5, 0.6) is 17.6 Å². The summed E-state index contributed by atoms with van der Waals surface area (Å²) in [5.74, 6) is -1.25. The van der Waals surface area contributed by atoms with Gasteiger partial charge < -0.3 is 34.1 Å². The van der Waals surface area contributed by atoms with Crippen LogP contribution in [0, 0.1) is 22.5 Å². The van der Waals surface area contributed by atoms with Crippen molar-refractivity contribution < 1.29 is 37.9 Å². The van der Waals surface area contributed by atoms with Crippen molar-refractivity contribution in [3.63, 3.8) is 0 Å². The van der Waals surface area contributed by atoms with Gasteiger partial charge in [0.05, 0.1) is 39.6 Å². The number of rotatable bonds is 7. The number of aromatic hydroxyl groups is 1. The van der Waals surface area contributed by atoms with Crippen LogP contribution < -0.4 is 14.4 Å². The molecule has 0 bridgehead atoms. The van der Waals surface area contributed by atoms with Crippen LogP contribution >= 0.6 is 0 Å². The van der Waals surface area contributed by atoms with Crippen molar-refractivity contribution in [3.8, 4) is 28.9 Å². The van der Waals surface area contributed by atoms with E-state index in [0.29, 0.717) is 48.5 Å². The minimum absolute atomic E-state index is 0.0141. The zero-order valence-corrected chi connectivity index (χ0v) is 30.9. The number of aliphatic hydroxyl groups excluding tert-OH is 1. The number of aromatic nitrogens is 3. The molecule has 5 fully saturated rings. The van der Waals surface area contributed by atoms with E-state index in [-0.39, 0.29) is 63.8 Å². The summed E-state index contributed by atoms with van der Waals surface area (Å²) in [6.45, 7) is 4.31. The fourth-order valence-corrected chi connectivity index (χ4v) is 10.4. The zero-order valence-electron chi connectivity index (χ0n) is 30.9. The van der Waals surface area contributed by atoms with Crippen molar-refractivity contribution in [2.24, 2.45) is 10.8 Å². The Kier molecular flexibility index (Phi) is 9.48. The molecule has 3 aliphatic heterocycles. The van der Waals surface area contributed by atoms with Crippen LogP contribution in [0.2, 0.25) is 0 Å². The van der Waals surface area contributed by atoms with Gasteiger partial charge in [-0.1, -0.05) is 18.6 Å². The second-order valence-electron chi connectivity index (χ2n) is 16.3. The number of pyridine rings is 1. The minimum Gasteiger partial charge on any atom is -0.508 e. The molecule has 288 valence electrons. The SMILES string of the molecule is COc1nc(-c2cc(O)cc3cccc(F)c23)c(F)c2nc(OCC34CCCC3N(C3CCC5(CCOC5)CC3)CCC4)nc(N3CCOCC(O)C3)c12. The molecule has 0 amide bonds. The summed E-state index contributed by atoms with van der Waals surface area (Å²) < 4.78 is 56.4. The number of halogens is 2. The van der Waals surface area contributed by atoms with Gasteiger partial charge in [-0.05, 0) is 93.3 Å². The van der Waals surface area contributed by atoms with Crippen molar-refractivity contribution in [2.45, 2.75) is 82.4 Å². The number of piperidine rings is 1. The molecular weight excluding hydrogens is 696 g/mol. The van der Waals surface area contributed by atoms with E-state index in [2.05, 4.69) is 9.88 Å². The first-order valence-corrected chi connectivity index (χ1v) is 19.6. The Morgan fingerprint density at radius 3 is 2.61 bits per heavy atom. The van der Waals surface area contributed by atoms with Gasteiger partial charge in [0, 0.05) is 48.1 Å². The highest BCUT2D eigenvalue weighted by Crippen LogP contribution is 2.52. The van der Waals surface area contributed by atoms with Gasteiger partial charge in [0.15, 0.2) is 5.82 Å². The van der Waals surface area contributed by atoms with Crippen LogP contribution in [-0.2, 0) is 9.47 Å². The fourth-order valence-electron chi connectivity index (χ4n) is 10.4. The lowest BCUT2D eigenvalue weighted by atomic mass is 9.69. The van der Waals surface area contributed by atoms with Crippen molar-refractivity contribution in [1.29, 1.82) is 0 Å². The number of aliphatic hydroxyl groups is 1. The predicted molar refractivity (Wildman–Crippen MR) is 199 cm³/mol. The summed E-state index contributed by atoms with van der Waals surface area (Å²) in [5.41, 5.74) is 0.0227. The molecule has 3 saturated heterocycles. The number of fused-ring (bicyclic) bond motifs is 3. The third-order valence-corrected chi connectivity index (χ3v) is 13.1. The quantitative estimate of drug-likeness (QED) is 0.219. The first-order valence-electron chi connectivity index (χ1n) is 19.6. The van der Waals surface area contributed by atoms with Gasteiger partial charge >= 0.3 is 6.01 Å². The largest absolute Gasteiger partial charge is 0.508 e. The normalized spacial score (nSPS) is 29.2. The topological polar surface area (TPSA) is 123 Å². The predicted octanol–water partition coefficient (Wildman–Crippen LogP) is 6.40. The average molecular weight is 746 g/mol. The summed E-state index contributed by atoms with van der Waals surface area (Å²) in [7, 11) is 1.42. The van der Waals surface area contributed by atoms with E-state index >= 15 is 8.78 Å². The number of phenols is 1. The van der Waals surface area contributed by atoms with Crippen LogP contribution in [0.4, 0.5) is 14.6 Å². The average Bonchev–Trinajstić information content (AvgIpc) is 3.76. The molecule has 3 unspecified atom stereocenters. The standard InChI is InChI=1S/C41H49F2N5O6/c1-51-38-33-36(34(43)35(44-38)29-20-27(49)19-25-5-2-6-30(42)32(25)29)45-39(46-37(33)47-16-18-52-22-28(50)21-47)54-24-41-10-3-7-31(41)48(15-4-11-41)26-8-12-40(13-9-26)14-17-53-23-40/h2,5-6,19-20,26,28,31,49-50H,3-4,7-18,21-24H2,1H3. The number of ether oxygens (including phenoxy) is 4. The van der Waals surface area contributed by atoms with Gasteiger partial charge in [-0.25, -0.2) is 13.8 Å². The summed E-state index contributed by atoms with van der Waals surface area (Å²) in [6.07, 6.45) is 10.7. The molecule has 9 rings (SSSR count). The van der Waals surface area contributed by atoms with E-state index in [1.54, 1.807) is 6.07 Å². The Labute approximate surface area is 313 Å². The maximum absolute atomic E-state index is 17.1. The number of likely N-dealkylation sites (tertiary alicyclic amines) is 1. The smallest absolute Gasteiger partial charge is 0.319 e. The number of nitrogens with zero attached hydrogens (tertiary/aromatic N) is 5. The molecule has 5 aliphatic rings. The van der Waals surface area contributed by atoms with Crippen LogP contribution in [-0.4, -0.2) is 108 Å². The molecule has 1 spiro atoms. The Balaban J connectivity index is 1.10. The molecule has 2 N–H and O–H groups in total. The van der Waals surface area contributed by atoms with E-state index in [0.717, 1.165) is 51.9 Å². The molecule has 11 nitrogen and oxygen atoms in total. The van der Waals surface area contributed by atoms with Crippen LogP contribution in [0.3, 0.4) is 0 Å². The van der Waals surface area contributed by atoms with Gasteiger partial charge in [-0.3, -0.25) is 4.90 Å². The first-order chi connectivity index (χ1) is 26.3. The van der Waals surface area contributed by atoms with Crippen molar-refractivity contribution in [2.75, 3.05) is 64.7 Å². The van der Waals surface area contributed by atoms with Crippen LogP contribution in [0.1, 0.15) is 64.2 Å². The third kappa shape index (κ3) is 6.30. The lowest BCUT2D eigenvalue weighted by molar-refractivity contribution is -0.0405. The van der Waals surface area contributed by atoms with E-state index in [1.807, 2.05) is 4.90 Å². The van der Waals surface area contributed by atoms with Gasteiger partial charge in [0.1, 0.15) is 34.0 Å². The zero-order chi connectivity index (χ0) is 37.0. The maximum Gasteiger partial charge on any atom is 0.319 e. The van der Waals surface area contributed by atoms with Crippen molar-refractivity contribution >= 4 is 27.5 Å². The maximum atomic E-state index is 17.1. The summed E-state index contributed by atoms with van der Waals surface area (Å²) >= 11 is 0. The number of benzene rings is 2. The molecule has 54 heavy (non-hydrogen) atoms. The molecule has 5 heterocycles. The molecule has 3 atom stereocenters. The Morgan fingerprint density at radius 2 is 1.80 bits per heavy atom. The second kappa shape index (κ2) is 14.3. The lowest BCUT2D eigenvalue weighted by Gasteiger charge is -2.51. The first kappa shape index (κ1) is 35.8. The van der Waals surface area contributed by atoms with Crippen molar-refractivity contribution in [3.05, 3.63) is 42.0 Å². The number of hydrogen-bond donors (Lipinski definition) is 2. The molecule has 2 aromatic heterocycles. The van der Waals surface area contributed by atoms with Crippen molar-refractivity contribution in [1.82, 2.24) is 19.9 Å². The molecule has 4 aromatic rings. The molecule has 13 heteroatoms. The molecular formula is C41H49F2N5O6. The monoisotopic (exact) mass is 745 g/mol. The summed E-state index contributed by atoms with van der Waals surface area (Å²) in [5, 5.41) is 22.1. The van der Waals surface area contributed by atoms with Gasteiger partial charge in [0.2, 0.25) is 5.88 Å². The van der Waals surface area contributed by atoms with E-state index in [1.165, 1.54) is 63.5 Å². The summed E-state index contributed by atoms with van der Waals surface area (Å²) in [6, 6.07) is 8.16. The number of hydrogen-bond acceptors (Lipinski definition) is 11. The molecule has 2 saturated carbocycles. The Hall–Kier alpha value is -3.91. The van der Waals surface area contributed by atoms with Gasteiger partial charge in [-0.2, -0.15) is 9.97 Å². The number of methoxy groups -OCH3 is 1. The van der Waals surface area contributed by atoms with Gasteiger partial charge in [0.25, 0.3) is 0 Å². The fraction of sp³-hybridized carbons (Fsp3) is 0.585. The lowest BCUT2D eigenvalue weighted by Crippen LogP contribution is -2.56. The molecule has 2 aliphatic carbocycles. The number of β-amino-alcohol motifs (C(OH)–C–C–N with tert-alkyl or cyclic N) is 1. The Bertz CT molecular complexity index is 2040. The van der Waals surface area contributed by atoms with Gasteiger partial charge in [-0.15, -0.1) is 0 Å². The number of anilines is 1. The molecule has 2 aromatic carbocycles. The number of phenolic OH excluding ortho intramolecular Hbond substituents is 1. The van der Waals surface area contributed by atoms with E-state index < -0.39 is 17.7 Å². The van der Waals surface area contributed by atoms with Crippen LogP contribution in [0.25, 0.3) is 32.9 Å². The van der Waals surface area contributed by atoms with E-state index in [9.17, 15) is 10.2 Å². The minimum atomic E-state index is -0.829. The highest BCUT2D eigenvalue weighted by Gasteiger charge is 2.51.